The highest BCUT2D eigenvalue weighted by Crippen LogP contribution is 2.38. The lowest BCUT2D eigenvalue weighted by molar-refractivity contribution is 0.00578. The van der Waals surface area contributed by atoms with Crippen LogP contribution in [-0.2, 0) is 9.31 Å². The van der Waals surface area contributed by atoms with Crippen LogP contribution < -0.4 is 5.46 Å². The fourth-order valence-corrected chi connectivity index (χ4v) is 8.51. The van der Waals surface area contributed by atoms with Crippen LogP contribution in [0.5, 0.6) is 0 Å². The maximum atomic E-state index is 9.42. The molecule has 0 bridgehead atoms. The SMILES string of the molecule is CC1(C)OB(c2cccc(-n3c4ccccc4c4ccccc43)c2)OC1(C)C.N#Cc1cnccc1-c1cccc(-n2c3ccccc3c3ccccc32)c1.N#Cc1cnccc1Br. The number of halogens is 1. The van der Waals surface area contributed by atoms with Crippen molar-refractivity contribution in [1.29, 1.82) is 10.5 Å². The van der Waals surface area contributed by atoms with Crippen LogP contribution in [0.25, 0.3) is 66.1 Å². The third-order valence-electron chi connectivity index (χ3n) is 12.1. The topological polar surface area (TPSA) is 102 Å². The molecule has 10 aromatic rings. The minimum atomic E-state index is -0.363. The third-order valence-corrected chi connectivity index (χ3v) is 12.8. The summed E-state index contributed by atoms with van der Waals surface area (Å²) >= 11 is 3.19. The second kappa shape index (κ2) is 17.4. The third kappa shape index (κ3) is 7.84. The van der Waals surface area contributed by atoms with E-state index < -0.39 is 0 Å². The Bertz CT molecular complexity index is 3310. The van der Waals surface area contributed by atoms with Gasteiger partial charge in [-0.25, -0.2) is 0 Å². The fraction of sp³-hybridized carbons (Fsp3) is 0.111. The molecule has 11 rings (SSSR count). The number of nitriles is 2. The lowest BCUT2D eigenvalue weighted by Crippen LogP contribution is -2.41. The summed E-state index contributed by atoms with van der Waals surface area (Å²) in [5, 5.41) is 22.8. The Balaban J connectivity index is 0.000000136. The molecule has 8 nitrogen and oxygen atoms in total. The Morgan fingerprint density at radius 2 is 0.953 bits per heavy atom. The van der Waals surface area contributed by atoms with E-state index in [-0.39, 0.29) is 18.3 Å². The summed E-state index contributed by atoms with van der Waals surface area (Å²) < 4.78 is 17.9. The van der Waals surface area contributed by atoms with E-state index in [4.69, 9.17) is 14.6 Å². The number of benzene rings is 6. The van der Waals surface area contributed by atoms with E-state index in [0.717, 1.165) is 32.4 Å². The van der Waals surface area contributed by atoms with E-state index in [2.05, 4.69) is 202 Å². The normalized spacial score (nSPS) is 13.8. The Morgan fingerprint density at radius 3 is 1.42 bits per heavy atom. The smallest absolute Gasteiger partial charge is 0.399 e. The first-order valence-electron chi connectivity index (χ1n) is 21.0. The van der Waals surface area contributed by atoms with Crippen molar-refractivity contribution in [3.05, 3.63) is 198 Å². The van der Waals surface area contributed by atoms with Crippen molar-refractivity contribution >= 4 is 72.1 Å². The summed E-state index contributed by atoms with van der Waals surface area (Å²) in [4.78, 5) is 7.83. The standard InChI is InChI=1S/C24H24BNO2.C24H15N3.C6H3BrN2/c1-23(2)24(3,4)28-25(27-23)17-10-9-11-18(16-17)26-21-14-7-5-12-19(21)20-13-6-8-15-22(20)26;25-15-18-16-26-13-12-20(18)17-6-5-7-19(14-17)27-23-10-3-1-8-21(23)22-9-2-4-11-24(22)27;7-6-1-2-9-4-5(6)3-8/h5-16H,1-4H3;1-14,16H;1-2,4H. The summed E-state index contributed by atoms with van der Waals surface area (Å²) in [5.41, 5.74) is 10.3. The molecule has 0 aliphatic carbocycles. The van der Waals surface area contributed by atoms with Crippen LogP contribution >= 0.6 is 15.9 Å². The Kier molecular flexibility index (Phi) is 11.4. The van der Waals surface area contributed by atoms with Gasteiger partial charge >= 0.3 is 7.12 Å². The van der Waals surface area contributed by atoms with Crippen LogP contribution in [0.1, 0.15) is 38.8 Å². The molecule has 0 N–H and O–H groups in total. The molecule has 1 fully saturated rings. The van der Waals surface area contributed by atoms with Gasteiger partial charge in [-0.2, -0.15) is 10.5 Å². The van der Waals surface area contributed by atoms with Crippen LogP contribution in [0, 0.1) is 22.7 Å². The first kappa shape index (κ1) is 42.0. The number of para-hydroxylation sites is 4. The predicted molar refractivity (Wildman–Crippen MR) is 262 cm³/mol. The van der Waals surface area contributed by atoms with Crippen molar-refractivity contribution in [1.82, 2.24) is 19.1 Å². The largest absolute Gasteiger partial charge is 0.494 e. The molecule has 5 heterocycles. The molecule has 10 heteroatoms. The molecule has 1 saturated heterocycles. The van der Waals surface area contributed by atoms with Gasteiger partial charge in [0.1, 0.15) is 12.1 Å². The van der Waals surface area contributed by atoms with E-state index >= 15 is 0 Å². The van der Waals surface area contributed by atoms with Gasteiger partial charge in [0.05, 0.1) is 44.4 Å². The second-order valence-electron chi connectivity index (χ2n) is 16.5. The molecule has 64 heavy (non-hydrogen) atoms. The van der Waals surface area contributed by atoms with Gasteiger partial charge in [0, 0.05) is 67.7 Å². The van der Waals surface area contributed by atoms with Crippen LogP contribution in [0.4, 0.5) is 0 Å². The van der Waals surface area contributed by atoms with Gasteiger partial charge in [-0.1, -0.05) is 97.1 Å². The van der Waals surface area contributed by atoms with Crippen molar-refractivity contribution in [3.63, 3.8) is 0 Å². The summed E-state index contributed by atoms with van der Waals surface area (Å²) in [6.45, 7) is 8.35. The Morgan fingerprint density at radius 1 is 0.516 bits per heavy atom. The van der Waals surface area contributed by atoms with Gasteiger partial charge in [0.15, 0.2) is 0 Å². The van der Waals surface area contributed by atoms with Crippen molar-refractivity contribution in [3.8, 4) is 34.6 Å². The second-order valence-corrected chi connectivity index (χ2v) is 17.3. The van der Waals surface area contributed by atoms with Gasteiger partial charge in [-0.15, -0.1) is 0 Å². The van der Waals surface area contributed by atoms with Crippen molar-refractivity contribution in [2.75, 3.05) is 0 Å². The Hall–Kier alpha value is -7.34. The highest BCUT2D eigenvalue weighted by Gasteiger charge is 2.51. The lowest BCUT2D eigenvalue weighted by atomic mass is 9.79. The van der Waals surface area contributed by atoms with E-state index in [9.17, 15) is 5.26 Å². The molecular formula is C54H42BBrN6O2. The molecular weight excluding hydrogens is 855 g/mol. The number of pyridine rings is 2. The van der Waals surface area contributed by atoms with Gasteiger partial charge in [0.25, 0.3) is 0 Å². The van der Waals surface area contributed by atoms with Crippen molar-refractivity contribution < 1.29 is 9.31 Å². The monoisotopic (exact) mass is 896 g/mol. The molecule has 0 spiro atoms. The first-order chi connectivity index (χ1) is 31.1. The first-order valence-corrected chi connectivity index (χ1v) is 21.7. The van der Waals surface area contributed by atoms with E-state index in [1.807, 2.05) is 24.3 Å². The number of aromatic nitrogens is 4. The zero-order chi connectivity index (χ0) is 44.4. The molecule has 0 atom stereocenters. The van der Waals surface area contributed by atoms with Gasteiger partial charge in [-0.3, -0.25) is 9.97 Å². The summed E-state index contributed by atoms with van der Waals surface area (Å²) in [5.74, 6) is 0. The molecule has 4 aromatic heterocycles. The van der Waals surface area contributed by atoms with Crippen LogP contribution in [0.3, 0.4) is 0 Å². The molecule has 0 radical (unpaired) electrons. The lowest BCUT2D eigenvalue weighted by Gasteiger charge is -2.32. The molecule has 6 aromatic carbocycles. The number of hydrogen-bond donors (Lipinski definition) is 0. The zero-order valence-electron chi connectivity index (χ0n) is 35.8. The Labute approximate surface area is 380 Å². The van der Waals surface area contributed by atoms with Crippen LogP contribution in [0.2, 0.25) is 0 Å². The fourth-order valence-electron chi connectivity index (χ4n) is 8.20. The number of nitrogens with zero attached hydrogens (tertiary/aromatic N) is 6. The number of fused-ring (bicyclic) bond motifs is 6. The van der Waals surface area contributed by atoms with E-state index in [1.165, 1.54) is 49.8 Å². The minimum Gasteiger partial charge on any atom is -0.399 e. The molecule has 0 amide bonds. The van der Waals surface area contributed by atoms with Crippen LogP contribution in [0.15, 0.2) is 187 Å². The predicted octanol–water partition coefficient (Wildman–Crippen LogP) is 12.5. The summed E-state index contributed by atoms with van der Waals surface area (Å²) in [7, 11) is -0.363. The van der Waals surface area contributed by atoms with Crippen molar-refractivity contribution in [2.45, 2.75) is 38.9 Å². The van der Waals surface area contributed by atoms with E-state index in [0.29, 0.717) is 11.1 Å². The highest BCUT2D eigenvalue weighted by atomic mass is 79.9. The van der Waals surface area contributed by atoms with Crippen molar-refractivity contribution in [2.24, 2.45) is 0 Å². The maximum Gasteiger partial charge on any atom is 0.494 e. The maximum absolute atomic E-state index is 9.42. The minimum absolute atomic E-state index is 0.347. The van der Waals surface area contributed by atoms with Crippen LogP contribution in [-0.4, -0.2) is 37.4 Å². The molecule has 0 unspecified atom stereocenters. The number of rotatable bonds is 4. The molecule has 310 valence electrons. The van der Waals surface area contributed by atoms with E-state index in [1.54, 1.807) is 24.7 Å². The molecule has 0 saturated carbocycles. The highest BCUT2D eigenvalue weighted by molar-refractivity contribution is 9.10. The summed E-state index contributed by atoms with van der Waals surface area (Å²) in [6, 6.07) is 58.7. The molecule has 1 aliphatic heterocycles. The number of hydrogen-bond acceptors (Lipinski definition) is 6. The average molecular weight is 898 g/mol. The van der Waals surface area contributed by atoms with Gasteiger partial charge in [-0.05, 0) is 115 Å². The quantitative estimate of drug-likeness (QED) is 0.163. The van der Waals surface area contributed by atoms with Gasteiger partial charge < -0.3 is 18.4 Å². The van der Waals surface area contributed by atoms with Gasteiger partial charge in [0.2, 0.25) is 0 Å². The summed E-state index contributed by atoms with van der Waals surface area (Å²) in [6.07, 6.45) is 6.49. The zero-order valence-corrected chi connectivity index (χ0v) is 37.4. The molecule has 1 aliphatic rings. The average Bonchev–Trinajstić information content (AvgIpc) is 3.93.